The number of methoxy groups -OCH3 is 2. The number of hydrogen-bond acceptors (Lipinski definition) is 4. The van der Waals surface area contributed by atoms with E-state index in [0.717, 1.165) is 5.56 Å². The van der Waals surface area contributed by atoms with Gasteiger partial charge in [0, 0.05) is 6.42 Å². The molecular weight excluding hydrogens is 268 g/mol. The van der Waals surface area contributed by atoms with Gasteiger partial charge < -0.3 is 19.9 Å². The number of rotatable bonds is 7. The zero-order chi connectivity index (χ0) is 14.8. The van der Waals surface area contributed by atoms with Crippen LogP contribution in [0.4, 0.5) is 8.78 Å². The van der Waals surface area contributed by atoms with Crippen LogP contribution in [0.5, 0.6) is 17.2 Å². The predicted molar refractivity (Wildman–Crippen MR) is 70.9 cm³/mol. The summed E-state index contributed by atoms with van der Waals surface area (Å²) in [6.07, 6.45) is 0.552. The maximum Gasteiger partial charge on any atom is 0.255 e. The SMILES string of the molecule is COc1cc(CCN)cc(OC)c1OCC1CC1(F)F. The maximum atomic E-state index is 12.9. The van der Waals surface area contributed by atoms with Crippen LogP contribution < -0.4 is 19.9 Å². The number of hydrogen-bond donors (Lipinski definition) is 1. The highest BCUT2D eigenvalue weighted by molar-refractivity contribution is 5.54. The van der Waals surface area contributed by atoms with Crippen LogP contribution in [0.25, 0.3) is 0 Å². The smallest absolute Gasteiger partial charge is 0.255 e. The van der Waals surface area contributed by atoms with Crippen LogP contribution in [-0.2, 0) is 6.42 Å². The van der Waals surface area contributed by atoms with Crippen molar-refractivity contribution in [2.75, 3.05) is 27.4 Å². The molecule has 20 heavy (non-hydrogen) atoms. The topological polar surface area (TPSA) is 53.7 Å². The largest absolute Gasteiger partial charge is 0.493 e. The average molecular weight is 287 g/mol. The summed E-state index contributed by atoms with van der Waals surface area (Å²) >= 11 is 0. The standard InChI is InChI=1S/C14H19F2NO3/c1-18-11-5-9(3-4-17)6-12(19-2)13(11)20-8-10-7-14(10,15)16/h5-6,10H,3-4,7-8,17H2,1-2H3. The highest BCUT2D eigenvalue weighted by atomic mass is 19.3. The molecule has 0 spiro atoms. The molecule has 0 saturated heterocycles. The molecule has 6 heteroatoms. The molecule has 1 aliphatic rings. The second kappa shape index (κ2) is 5.83. The van der Waals surface area contributed by atoms with E-state index in [-0.39, 0.29) is 13.0 Å². The first-order valence-electron chi connectivity index (χ1n) is 6.47. The maximum absolute atomic E-state index is 12.9. The lowest BCUT2D eigenvalue weighted by atomic mass is 10.1. The second-order valence-corrected chi connectivity index (χ2v) is 4.84. The molecule has 1 fully saturated rings. The number of halogens is 2. The molecule has 0 aliphatic heterocycles. The van der Waals surface area contributed by atoms with E-state index in [1.54, 1.807) is 12.1 Å². The van der Waals surface area contributed by atoms with Crippen LogP contribution in [0.15, 0.2) is 12.1 Å². The summed E-state index contributed by atoms with van der Waals surface area (Å²) in [5.41, 5.74) is 6.47. The van der Waals surface area contributed by atoms with Gasteiger partial charge in [-0.2, -0.15) is 0 Å². The van der Waals surface area contributed by atoms with E-state index in [4.69, 9.17) is 19.9 Å². The average Bonchev–Trinajstić information content (AvgIpc) is 3.04. The lowest BCUT2D eigenvalue weighted by Crippen LogP contribution is -2.08. The lowest BCUT2D eigenvalue weighted by Gasteiger charge is -2.16. The third-order valence-corrected chi connectivity index (χ3v) is 3.34. The highest BCUT2D eigenvalue weighted by Crippen LogP contribution is 2.49. The first-order chi connectivity index (χ1) is 9.51. The minimum Gasteiger partial charge on any atom is -0.493 e. The fourth-order valence-electron chi connectivity index (χ4n) is 2.02. The fraction of sp³-hybridized carbons (Fsp3) is 0.571. The van der Waals surface area contributed by atoms with Crippen LogP contribution in [0.3, 0.4) is 0 Å². The monoisotopic (exact) mass is 287 g/mol. The molecule has 0 bridgehead atoms. The van der Waals surface area contributed by atoms with E-state index in [0.29, 0.717) is 30.2 Å². The molecule has 1 aliphatic carbocycles. The third-order valence-electron chi connectivity index (χ3n) is 3.34. The summed E-state index contributed by atoms with van der Waals surface area (Å²) in [4.78, 5) is 0. The first-order valence-corrected chi connectivity index (χ1v) is 6.47. The molecule has 1 saturated carbocycles. The van der Waals surface area contributed by atoms with E-state index in [2.05, 4.69) is 0 Å². The Balaban J connectivity index is 2.16. The van der Waals surface area contributed by atoms with Gasteiger partial charge in [-0.15, -0.1) is 0 Å². The van der Waals surface area contributed by atoms with E-state index in [1.807, 2.05) is 0 Å². The molecule has 2 rings (SSSR count). The normalized spacial score (nSPS) is 19.6. The molecule has 1 aromatic rings. The van der Waals surface area contributed by atoms with Crippen molar-refractivity contribution in [3.8, 4) is 17.2 Å². The number of alkyl halides is 2. The van der Waals surface area contributed by atoms with Gasteiger partial charge in [0.2, 0.25) is 5.75 Å². The Hall–Kier alpha value is -1.56. The molecule has 1 atom stereocenters. The summed E-state index contributed by atoms with van der Waals surface area (Å²) in [6, 6.07) is 3.57. The van der Waals surface area contributed by atoms with Crippen molar-refractivity contribution in [1.82, 2.24) is 0 Å². The molecule has 1 aromatic carbocycles. The molecule has 0 aromatic heterocycles. The number of ether oxygens (including phenoxy) is 3. The van der Waals surface area contributed by atoms with Crippen LogP contribution in [0.2, 0.25) is 0 Å². The van der Waals surface area contributed by atoms with E-state index in [9.17, 15) is 8.78 Å². The zero-order valence-corrected chi connectivity index (χ0v) is 11.6. The highest BCUT2D eigenvalue weighted by Gasteiger charge is 2.57. The molecule has 0 heterocycles. The van der Waals surface area contributed by atoms with Crippen molar-refractivity contribution in [2.24, 2.45) is 11.7 Å². The quantitative estimate of drug-likeness (QED) is 0.835. The van der Waals surface area contributed by atoms with Gasteiger partial charge in [0.25, 0.3) is 5.92 Å². The lowest BCUT2D eigenvalue weighted by molar-refractivity contribution is 0.0846. The molecule has 2 N–H and O–H groups in total. The number of nitrogens with two attached hydrogens (primary N) is 1. The summed E-state index contributed by atoms with van der Waals surface area (Å²) in [5.74, 6) is -2.02. The van der Waals surface area contributed by atoms with Crippen molar-refractivity contribution in [3.63, 3.8) is 0 Å². The summed E-state index contributed by atoms with van der Waals surface area (Å²) < 4.78 is 41.7. The Kier molecular flexibility index (Phi) is 4.32. The van der Waals surface area contributed by atoms with Crippen molar-refractivity contribution in [2.45, 2.75) is 18.8 Å². The van der Waals surface area contributed by atoms with Crippen molar-refractivity contribution in [3.05, 3.63) is 17.7 Å². The van der Waals surface area contributed by atoms with Gasteiger partial charge in [0.15, 0.2) is 11.5 Å². The van der Waals surface area contributed by atoms with Crippen LogP contribution in [-0.4, -0.2) is 33.3 Å². The van der Waals surface area contributed by atoms with Crippen LogP contribution >= 0.6 is 0 Å². The van der Waals surface area contributed by atoms with Gasteiger partial charge in [0.1, 0.15) is 0 Å². The van der Waals surface area contributed by atoms with Gasteiger partial charge in [0.05, 0.1) is 26.7 Å². The Morgan fingerprint density at radius 2 is 1.80 bits per heavy atom. The van der Waals surface area contributed by atoms with Gasteiger partial charge >= 0.3 is 0 Å². The van der Waals surface area contributed by atoms with Gasteiger partial charge in [-0.3, -0.25) is 0 Å². The molecule has 0 amide bonds. The van der Waals surface area contributed by atoms with E-state index >= 15 is 0 Å². The van der Waals surface area contributed by atoms with Gasteiger partial charge in [-0.1, -0.05) is 0 Å². The number of benzene rings is 1. The summed E-state index contributed by atoms with van der Waals surface area (Å²) in [6.45, 7) is 0.455. The van der Waals surface area contributed by atoms with E-state index in [1.165, 1.54) is 14.2 Å². The molecule has 4 nitrogen and oxygen atoms in total. The summed E-state index contributed by atoms with van der Waals surface area (Å²) in [5, 5.41) is 0. The van der Waals surface area contributed by atoms with Crippen molar-refractivity contribution in [1.29, 1.82) is 0 Å². The Morgan fingerprint density at radius 1 is 1.25 bits per heavy atom. The van der Waals surface area contributed by atoms with Crippen LogP contribution in [0.1, 0.15) is 12.0 Å². The Labute approximate surface area is 116 Å². The van der Waals surface area contributed by atoms with Crippen molar-refractivity contribution >= 4 is 0 Å². The van der Waals surface area contributed by atoms with Gasteiger partial charge in [-0.05, 0) is 30.7 Å². The first kappa shape index (κ1) is 14.8. The molecule has 0 radical (unpaired) electrons. The van der Waals surface area contributed by atoms with Crippen LogP contribution in [0, 0.1) is 5.92 Å². The zero-order valence-electron chi connectivity index (χ0n) is 11.6. The minimum atomic E-state index is -2.60. The molecule has 1 unspecified atom stereocenters. The van der Waals surface area contributed by atoms with E-state index < -0.39 is 11.8 Å². The fourth-order valence-corrected chi connectivity index (χ4v) is 2.02. The minimum absolute atomic E-state index is 0.0457. The van der Waals surface area contributed by atoms with Crippen molar-refractivity contribution < 1.29 is 23.0 Å². The van der Waals surface area contributed by atoms with Gasteiger partial charge in [-0.25, -0.2) is 8.78 Å². The molecule has 112 valence electrons. The second-order valence-electron chi connectivity index (χ2n) is 4.84. The third kappa shape index (κ3) is 3.12. The molecular formula is C14H19F2NO3. The predicted octanol–water partition coefficient (Wildman–Crippen LogP) is 2.24. The Bertz CT molecular complexity index is 454. The summed E-state index contributed by atoms with van der Waals surface area (Å²) in [7, 11) is 3.00. The Morgan fingerprint density at radius 3 is 2.20 bits per heavy atom.